The first-order valence-corrected chi connectivity index (χ1v) is 7.30. The molecule has 0 radical (unpaired) electrons. The van der Waals surface area contributed by atoms with Crippen LogP contribution in [0.1, 0.15) is 36.5 Å². The molecule has 0 saturated carbocycles. The number of carboxylic acids is 1. The van der Waals surface area contributed by atoms with E-state index in [1.165, 1.54) is 0 Å². The van der Waals surface area contributed by atoms with Gasteiger partial charge in [0.1, 0.15) is 11.8 Å². The van der Waals surface area contributed by atoms with E-state index >= 15 is 0 Å². The number of aromatic hydroxyl groups is 1. The highest BCUT2D eigenvalue weighted by molar-refractivity contribution is 5.80. The maximum absolute atomic E-state index is 11.6. The lowest BCUT2D eigenvalue weighted by atomic mass is 9.96. The van der Waals surface area contributed by atoms with E-state index in [2.05, 4.69) is 5.32 Å². The molecule has 1 aromatic rings. The van der Waals surface area contributed by atoms with E-state index in [4.69, 9.17) is 4.74 Å². The summed E-state index contributed by atoms with van der Waals surface area (Å²) in [6, 6.07) is 2.07. The van der Waals surface area contributed by atoms with E-state index in [0.29, 0.717) is 0 Å². The zero-order valence-corrected chi connectivity index (χ0v) is 13.2. The van der Waals surface area contributed by atoms with E-state index < -0.39 is 18.1 Å². The third-order valence-corrected chi connectivity index (χ3v) is 3.41. The Morgan fingerprint density at radius 1 is 1.27 bits per heavy atom. The first-order chi connectivity index (χ1) is 10.3. The average Bonchev–Trinajstić information content (AvgIpc) is 2.41. The van der Waals surface area contributed by atoms with Crippen molar-refractivity contribution in [2.45, 2.75) is 46.1 Å². The molecule has 1 amide bonds. The molecule has 22 heavy (non-hydrogen) atoms. The number of carbonyl (C=O) groups excluding carboxylic acids is 1. The molecule has 1 rings (SSSR count). The van der Waals surface area contributed by atoms with Crippen molar-refractivity contribution < 1.29 is 24.5 Å². The largest absolute Gasteiger partial charge is 0.508 e. The van der Waals surface area contributed by atoms with Gasteiger partial charge in [-0.05, 0) is 49.1 Å². The van der Waals surface area contributed by atoms with Crippen LogP contribution in [0.2, 0.25) is 0 Å². The van der Waals surface area contributed by atoms with Crippen LogP contribution in [0.5, 0.6) is 5.75 Å². The van der Waals surface area contributed by atoms with Crippen molar-refractivity contribution in [3.63, 3.8) is 0 Å². The van der Waals surface area contributed by atoms with Gasteiger partial charge in [-0.2, -0.15) is 0 Å². The van der Waals surface area contributed by atoms with E-state index in [-0.39, 0.29) is 18.8 Å². The van der Waals surface area contributed by atoms with E-state index in [1.807, 2.05) is 6.92 Å². The van der Waals surface area contributed by atoms with Crippen LogP contribution in [0, 0.1) is 13.8 Å². The van der Waals surface area contributed by atoms with Crippen LogP contribution in [0.25, 0.3) is 0 Å². The number of hydrogen-bond acceptors (Lipinski definition) is 4. The number of carbonyl (C=O) groups is 2. The molecule has 0 aliphatic heterocycles. The zero-order valence-electron chi connectivity index (χ0n) is 13.2. The summed E-state index contributed by atoms with van der Waals surface area (Å²) in [5.41, 5.74) is 2.36. The second kappa shape index (κ2) is 8.26. The van der Waals surface area contributed by atoms with Gasteiger partial charge in [-0.1, -0.05) is 13.3 Å². The van der Waals surface area contributed by atoms with Gasteiger partial charge in [0.15, 0.2) is 0 Å². The third kappa shape index (κ3) is 5.27. The van der Waals surface area contributed by atoms with Crippen molar-refractivity contribution >= 4 is 12.1 Å². The lowest BCUT2D eigenvalue weighted by Crippen LogP contribution is -2.42. The Hall–Kier alpha value is -2.24. The fourth-order valence-electron chi connectivity index (χ4n) is 2.19. The summed E-state index contributed by atoms with van der Waals surface area (Å²) in [6.45, 7) is 5.82. The maximum Gasteiger partial charge on any atom is 0.407 e. The molecule has 0 bridgehead atoms. The number of nitrogens with one attached hydrogen (secondary N) is 1. The van der Waals surface area contributed by atoms with Crippen LogP contribution in [0.3, 0.4) is 0 Å². The number of unbranched alkanes of at least 4 members (excludes halogenated alkanes) is 1. The summed E-state index contributed by atoms with van der Waals surface area (Å²) < 4.78 is 4.93. The van der Waals surface area contributed by atoms with E-state index in [9.17, 15) is 19.8 Å². The number of phenolic OH excluding ortho intramolecular Hbond substituents is 1. The van der Waals surface area contributed by atoms with E-state index in [0.717, 1.165) is 29.5 Å². The molecule has 3 N–H and O–H groups in total. The van der Waals surface area contributed by atoms with Gasteiger partial charge in [0.05, 0.1) is 6.61 Å². The molecule has 0 heterocycles. The summed E-state index contributed by atoms with van der Waals surface area (Å²) in [5, 5.41) is 21.2. The topological polar surface area (TPSA) is 95.9 Å². The minimum Gasteiger partial charge on any atom is -0.508 e. The normalized spacial score (nSPS) is 11.8. The lowest BCUT2D eigenvalue weighted by molar-refractivity contribution is -0.139. The Bertz CT molecular complexity index is 518. The predicted octanol–water partition coefficient (Wildman–Crippen LogP) is 2.53. The number of hydrogen-bond donors (Lipinski definition) is 3. The van der Waals surface area contributed by atoms with Gasteiger partial charge in [-0.3, -0.25) is 0 Å². The fraction of sp³-hybridized carbons (Fsp3) is 0.500. The molecule has 0 aromatic heterocycles. The molecule has 1 unspecified atom stereocenters. The van der Waals surface area contributed by atoms with Crippen molar-refractivity contribution in [3.8, 4) is 5.75 Å². The van der Waals surface area contributed by atoms with Crippen molar-refractivity contribution in [2.24, 2.45) is 0 Å². The number of carboxylic acid groups (broad SMARTS) is 1. The van der Waals surface area contributed by atoms with Gasteiger partial charge < -0.3 is 20.3 Å². The standard InChI is InChI=1S/C16H23NO5/c1-4-5-6-22-16(21)17-14(15(19)20)9-13-10(2)7-12(18)8-11(13)3/h7-8,14,18H,4-6,9H2,1-3H3,(H,17,21)(H,19,20). The van der Waals surface area contributed by atoms with Crippen LogP contribution in [0.4, 0.5) is 4.79 Å². The summed E-state index contributed by atoms with van der Waals surface area (Å²) in [4.78, 5) is 22.9. The molecule has 0 aliphatic rings. The number of amides is 1. The molecule has 1 aromatic carbocycles. The van der Waals surface area contributed by atoms with Crippen LogP contribution in [-0.4, -0.2) is 34.9 Å². The van der Waals surface area contributed by atoms with Crippen molar-refractivity contribution in [3.05, 3.63) is 28.8 Å². The van der Waals surface area contributed by atoms with E-state index in [1.54, 1.807) is 26.0 Å². The SMILES string of the molecule is CCCCOC(=O)NC(Cc1c(C)cc(O)cc1C)C(=O)O. The Morgan fingerprint density at radius 2 is 1.86 bits per heavy atom. The maximum atomic E-state index is 11.6. The van der Waals surface area contributed by atoms with Gasteiger partial charge in [0.25, 0.3) is 0 Å². The number of benzene rings is 1. The second-order valence-electron chi connectivity index (χ2n) is 5.29. The number of alkyl carbamates (subject to hydrolysis) is 1. The smallest absolute Gasteiger partial charge is 0.407 e. The molecular weight excluding hydrogens is 286 g/mol. The van der Waals surface area contributed by atoms with Crippen molar-refractivity contribution in [1.82, 2.24) is 5.32 Å². The predicted molar refractivity (Wildman–Crippen MR) is 82.1 cm³/mol. The molecule has 122 valence electrons. The first kappa shape index (κ1) is 17.8. The molecule has 6 nitrogen and oxygen atoms in total. The number of phenols is 1. The summed E-state index contributed by atoms with van der Waals surface area (Å²) in [5.74, 6) is -0.989. The van der Waals surface area contributed by atoms with Gasteiger partial charge in [-0.15, -0.1) is 0 Å². The van der Waals surface area contributed by atoms with Crippen molar-refractivity contribution in [1.29, 1.82) is 0 Å². The number of ether oxygens (including phenoxy) is 1. The molecule has 6 heteroatoms. The third-order valence-electron chi connectivity index (χ3n) is 3.41. The number of aliphatic carboxylic acids is 1. The minimum atomic E-state index is -1.13. The summed E-state index contributed by atoms with van der Waals surface area (Å²) in [6.07, 6.45) is 1.04. The summed E-state index contributed by atoms with van der Waals surface area (Å²) >= 11 is 0. The molecular formula is C16H23NO5. The van der Waals surface area contributed by atoms with Gasteiger partial charge in [0, 0.05) is 6.42 Å². The highest BCUT2D eigenvalue weighted by Gasteiger charge is 2.23. The van der Waals surface area contributed by atoms with Crippen LogP contribution in [-0.2, 0) is 16.0 Å². The molecule has 0 spiro atoms. The van der Waals surface area contributed by atoms with Crippen LogP contribution >= 0.6 is 0 Å². The lowest BCUT2D eigenvalue weighted by Gasteiger charge is -2.17. The van der Waals surface area contributed by atoms with Crippen molar-refractivity contribution in [2.75, 3.05) is 6.61 Å². The highest BCUT2D eigenvalue weighted by atomic mass is 16.5. The average molecular weight is 309 g/mol. The summed E-state index contributed by atoms with van der Waals surface area (Å²) in [7, 11) is 0. The van der Waals surface area contributed by atoms with Gasteiger partial charge >= 0.3 is 12.1 Å². The Balaban J connectivity index is 2.77. The Labute approximate surface area is 130 Å². The molecule has 0 aliphatic carbocycles. The van der Waals surface area contributed by atoms with Gasteiger partial charge in [-0.25, -0.2) is 9.59 Å². The number of aryl methyl sites for hydroxylation is 2. The van der Waals surface area contributed by atoms with Gasteiger partial charge in [0.2, 0.25) is 0 Å². The Morgan fingerprint density at radius 3 is 2.36 bits per heavy atom. The Kier molecular flexibility index (Phi) is 6.69. The molecule has 1 atom stereocenters. The van der Waals surface area contributed by atoms with Crippen LogP contribution < -0.4 is 5.32 Å². The quantitative estimate of drug-likeness (QED) is 0.673. The zero-order chi connectivity index (χ0) is 16.7. The van der Waals surface area contributed by atoms with Crippen LogP contribution in [0.15, 0.2) is 12.1 Å². The first-order valence-electron chi connectivity index (χ1n) is 7.30. The second-order valence-corrected chi connectivity index (χ2v) is 5.29. The molecule has 0 saturated heterocycles. The minimum absolute atomic E-state index is 0.135. The number of rotatable bonds is 7. The molecule has 0 fully saturated rings. The fourth-order valence-corrected chi connectivity index (χ4v) is 2.19. The highest BCUT2D eigenvalue weighted by Crippen LogP contribution is 2.22. The monoisotopic (exact) mass is 309 g/mol.